The quantitative estimate of drug-likeness (QED) is 0.439. The molecule has 0 aromatic rings. The van der Waals surface area contributed by atoms with Crippen molar-refractivity contribution in [3.63, 3.8) is 0 Å². The molecule has 2 nitrogen and oxygen atoms in total. The van der Waals surface area contributed by atoms with Crippen LogP contribution in [0.4, 0.5) is 0 Å². The van der Waals surface area contributed by atoms with Crippen LogP contribution < -0.4 is 0 Å². The maximum absolute atomic E-state index is 8.56. The van der Waals surface area contributed by atoms with Crippen molar-refractivity contribution in [3.05, 3.63) is 29.2 Å². The van der Waals surface area contributed by atoms with Gasteiger partial charge in [0.2, 0.25) is 0 Å². The molecular formula is C6H9NO. The average molecular weight is 111 g/mol. The smallest absolute Gasteiger partial charge is 0.0700 e. The molecule has 0 radical (unpaired) electrons. The molecule has 0 amide bonds. The molecule has 0 spiro atoms. The minimum absolute atomic E-state index is 1.14. The highest BCUT2D eigenvalue weighted by Crippen LogP contribution is 1.93. The first-order chi connectivity index (χ1) is 3.91. The highest BCUT2D eigenvalue weighted by Gasteiger charge is 1.72. The van der Waals surface area contributed by atoms with Gasteiger partial charge in [0.1, 0.15) is 0 Å². The third kappa shape index (κ3) is 5.08. The molecule has 0 saturated heterocycles. The molecule has 1 rings (SSSR count). The summed E-state index contributed by atoms with van der Waals surface area (Å²) in [6.07, 6.45) is 9.50. The fraction of sp³-hybridized carbons (Fsp3) is 0.333. The number of hydrogen-bond acceptors (Lipinski definition) is 2. The summed E-state index contributed by atoms with van der Waals surface area (Å²) in [5, 5.41) is 2.25. The van der Waals surface area contributed by atoms with E-state index < -0.39 is 0 Å². The van der Waals surface area contributed by atoms with Gasteiger partial charge >= 0.3 is 0 Å². The Bertz CT molecular complexity index is 95.1. The van der Waals surface area contributed by atoms with Gasteiger partial charge in [-0.3, -0.25) is 0 Å². The van der Waals surface area contributed by atoms with Crippen molar-refractivity contribution in [1.29, 1.82) is 0 Å². The third-order valence-corrected chi connectivity index (χ3v) is 0.655. The summed E-state index contributed by atoms with van der Waals surface area (Å²) >= 11 is 0. The van der Waals surface area contributed by atoms with Gasteiger partial charge in [0, 0.05) is 0 Å². The molecule has 0 bridgehead atoms. The van der Waals surface area contributed by atoms with Gasteiger partial charge in [0.05, 0.1) is 7.05 Å². The van der Waals surface area contributed by atoms with Crippen molar-refractivity contribution in [3.8, 4) is 0 Å². The SMILES string of the molecule is C1=CCC=C1.CN=O. The highest BCUT2D eigenvalue weighted by molar-refractivity contribution is 5.11. The predicted octanol–water partition coefficient (Wildman–Crippen LogP) is 1.89. The lowest BCUT2D eigenvalue weighted by atomic mass is 10.5. The number of rotatable bonds is 0. The van der Waals surface area contributed by atoms with Crippen LogP contribution in [0.3, 0.4) is 0 Å². The average Bonchev–Trinajstić information content (AvgIpc) is 2.17. The van der Waals surface area contributed by atoms with E-state index in [1.165, 1.54) is 7.05 Å². The minimum atomic E-state index is 1.14. The summed E-state index contributed by atoms with van der Waals surface area (Å²) < 4.78 is 0. The second kappa shape index (κ2) is 6.08. The maximum Gasteiger partial charge on any atom is 0.0700 e. The molecule has 1 aliphatic carbocycles. The second-order valence-corrected chi connectivity index (χ2v) is 1.27. The maximum atomic E-state index is 8.56. The molecule has 1 aliphatic rings. The van der Waals surface area contributed by atoms with Gasteiger partial charge in [0.25, 0.3) is 0 Å². The van der Waals surface area contributed by atoms with Gasteiger partial charge in [-0.05, 0) is 6.42 Å². The molecule has 8 heavy (non-hydrogen) atoms. The van der Waals surface area contributed by atoms with Crippen molar-refractivity contribution < 1.29 is 0 Å². The van der Waals surface area contributed by atoms with E-state index in [0.717, 1.165) is 6.42 Å². The van der Waals surface area contributed by atoms with E-state index in [9.17, 15) is 0 Å². The first-order valence-electron chi connectivity index (χ1n) is 2.45. The second-order valence-electron chi connectivity index (χ2n) is 1.27. The molecular weight excluding hydrogens is 102 g/mol. The molecule has 0 aromatic heterocycles. The van der Waals surface area contributed by atoms with E-state index >= 15 is 0 Å². The Hall–Kier alpha value is -0.920. The molecule has 0 N–H and O–H groups in total. The molecule has 0 aromatic carbocycles. The highest BCUT2D eigenvalue weighted by atomic mass is 16.2. The molecule has 0 aliphatic heterocycles. The lowest BCUT2D eigenvalue weighted by molar-refractivity contribution is 1.42. The Kier molecular flexibility index (Phi) is 5.38. The Morgan fingerprint density at radius 3 is 1.88 bits per heavy atom. The van der Waals surface area contributed by atoms with Gasteiger partial charge in [0.15, 0.2) is 0 Å². The zero-order chi connectivity index (χ0) is 6.24. The third-order valence-electron chi connectivity index (χ3n) is 0.655. The fourth-order valence-electron chi connectivity index (χ4n) is 0.393. The number of nitrogens with zero attached hydrogens (tertiary/aromatic N) is 1. The van der Waals surface area contributed by atoms with Crippen molar-refractivity contribution in [2.45, 2.75) is 6.42 Å². The molecule has 0 saturated carbocycles. The summed E-state index contributed by atoms with van der Waals surface area (Å²) in [5.41, 5.74) is 0. The number of nitroso groups, excluding NO2 is 1. The largest absolute Gasteiger partial charge is 0.151 e. The summed E-state index contributed by atoms with van der Waals surface area (Å²) in [4.78, 5) is 8.56. The lowest BCUT2D eigenvalue weighted by Crippen LogP contribution is -1.37. The van der Waals surface area contributed by atoms with Gasteiger partial charge in [-0.15, -0.1) is 0 Å². The van der Waals surface area contributed by atoms with Crippen LogP contribution in [0.15, 0.2) is 29.5 Å². The standard InChI is InChI=1S/C5H6.CH3NO/c1-2-4-5-3-1;1-2-3/h1-4H,5H2;1H3. The first-order valence-corrected chi connectivity index (χ1v) is 2.45. The van der Waals surface area contributed by atoms with Crippen LogP contribution in [0.25, 0.3) is 0 Å². The zero-order valence-electron chi connectivity index (χ0n) is 4.87. The van der Waals surface area contributed by atoms with Crippen molar-refractivity contribution in [1.82, 2.24) is 0 Å². The molecule has 0 unspecified atom stereocenters. The van der Waals surface area contributed by atoms with E-state index in [-0.39, 0.29) is 0 Å². The number of hydrogen-bond donors (Lipinski definition) is 0. The molecule has 0 atom stereocenters. The molecule has 0 fully saturated rings. The molecule has 2 heteroatoms. The normalized spacial score (nSPS) is 12.6. The summed E-state index contributed by atoms with van der Waals surface area (Å²) in [5.74, 6) is 0. The van der Waals surface area contributed by atoms with Crippen LogP contribution in [0.2, 0.25) is 0 Å². The lowest BCUT2D eigenvalue weighted by Gasteiger charge is -1.57. The van der Waals surface area contributed by atoms with Crippen LogP contribution in [0, 0.1) is 4.91 Å². The van der Waals surface area contributed by atoms with Gasteiger partial charge in [-0.2, -0.15) is 4.91 Å². The zero-order valence-corrected chi connectivity index (χ0v) is 4.87. The Balaban J connectivity index is 0.000000145. The van der Waals surface area contributed by atoms with E-state index in [1.807, 2.05) is 0 Å². The summed E-state index contributed by atoms with van der Waals surface area (Å²) in [6, 6.07) is 0. The van der Waals surface area contributed by atoms with Crippen LogP contribution in [0.1, 0.15) is 6.42 Å². The van der Waals surface area contributed by atoms with E-state index in [0.29, 0.717) is 0 Å². The van der Waals surface area contributed by atoms with Crippen LogP contribution in [0.5, 0.6) is 0 Å². The minimum Gasteiger partial charge on any atom is -0.151 e. The van der Waals surface area contributed by atoms with E-state index in [4.69, 9.17) is 4.91 Å². The Morgan fingerprint density at radius 2 is 1.75 bits per heavy atom. The van der Waals surface area contributed by atoms with Crippen LogP contribution in [-0.4, -0.2) is 7.05 Å². The monoisotopic (exact) mass is 111 g/mol. The van der Waals surface area contributed by atoms with Crippen molar-refractivity contribution in [2.24, 2.45) is 5.18 Å². The predicted molar refractivity (Wildman–Crippen MR) is 34.6 cm³/mol. The van der Waals surface area contributed by atoms with Crippen LogP contribution >= 0.6 is 0 Å². The van der Waals surface area contributed by atoms with Gasteiger partial charge in [-0.25, -0.2) is 0 Å². The first kappa shape index (κ1) is 7.08. The van der Waals surface area contributed by atoms with E-state index in [1.54, 1.807) is 0 Å². The van der Waals surface area contributed by atoms with Crippen LogP contribution in [-0.2, 0) is 0 Å². The van der Waals surface area contributed by atoms with Gasteiger partial charge < -0.3 is 0 Å². The molecule has 44 valence electrons. The van der Waals surface area contributed by atoms with E-state index in [2.05, 4.69) is 29.5 Å². The van der Waals surface area contributed by atoms with Crippen molar-refractivity contribution >= 4 is 0 Å². The summed E-state index contributed by atoms with van der Waals surface area (Å²) in [6.45, 7) is 0. The van der Waals surface area contributed by atoms with Gasteiger partial charge in [-0.1, -0.05) is 29.5 Å². The topological polar surface area (TPSA) is 29.4 Å². The van der Waals surface area contributed by atoms with Crippen molar-refractivity contribution in [2.75, 3.05) is 7.05 Å². The Labute approximate surface area is 48.9 Å². The fourth-order valence-corrected chi connectivity index (χ4v) is 0.393. The molecule has 0 heterocycles. The Morgan fingerprint density at radius 1 is 1.38 bits per heavy atom. The number of allylic oxidation sites excluding steroid dienone is 4. The summed E-state index contributed by atoms with van der Waals surface area (Å²) in [7, 11) is 1.19.